The first-order valence-corrected chi connectivity index (χ1v) is 7.16. The molecular weight excluding hydrogens is 284 g/mol. The third-order valence-electron chi connectivity index (χ3n) is 2.73. The average molecular weight is 296 g/mol. The van der Waals surface area contributed by atoms with E-state index in [9.17, 15) is 4.79 Å². The second-order valence-electron chi connectivity index (χ2n) is 4.21. The molecule has 0 unspecified atom stereocenters. The highest BCUT2D eigenvalue weighted by Crippen LogP contribution is 2.12. The van der Waals surface area contributed by atoms with E-state index in [0.717, 1.165) is 10.7 Å². The fourth-order valence-electron chi connectivity index (χ4n) is 1.74. The van der Waals surface area contributed by atoms with E-state index in [-0.39, 0.29) is 5.91 Å². The first-order chi connectivity index (χ1) is 10.3. The summed E-state index contributed by atoms with van der Waals surface area (Å²) in [5.41, 5.74) is 0.652. The minimum atomic E-state index is -0.180. The Morgan fingerprint density at radius 1 is 1.33 bits per heavy atom. The van der Waals surface area contributed by atoms with Crippen LogP contribution in [-0.2, 0) is 4.79 Å². The number of aromatic nitrogens is 3. The third-order valence-corrected chi connectivity index (χ3v) is 3.56. The van der Waals surface area contributed by atoms with Crippen molar-refractivity contribution in [2.75, 3.05) is 5.32 Å². The van der Waals surface area contributed by atoms with E-state index in [4.69, 9.17) is 0 Å². The zero-order valence-corrected chi connectivity index (χ0v) is 11.8. The molecule has 0 aliphatic carbocycles. The molecule has 3 heterocycles. The number of amides is 1. The van der Waals surface area contributed by atoms with Crippen molar-refractivity contribution in [1.82, 2.24) is 14.5 Å². The summed E-state index contributed by atoms with van der Waals surface area (Å²) >= 11 is 1.58. The lowest BCUT2D eigenvalue weighted by Gasteiger charge is -2.04. The molecule has 0 saturated carbocycles. The summed E-state index contributed by atoms with van der Waals surface area (Å²) in [6, 6.07) is 7.52. The van der Waals surface area contributed by atoms with Crippen molar-refractivity contribution in [2.24, 2.45) is 0 Å². The Hall–Kier alpha value is -2.73. The lowest BCUT2D eigenvalue weighted by atomic mass is 10.3. The highest BCUT2D eigenvalue weighted by molar-refractivity contribution is 7.10. The number of nitrogens with zero attached hydrogens (tertiary/aromatic N) is 3. The molecule has 0 spiro atoms. The number of nitrogens with one attached hydrogen (secondary N) is 1. The maximum Gasteiger partial charge on any atom is 0.248 e. The Labute approximate surface area is 125 Å². The average Bonchev–Trinajstić information content (AvgIpc) is 3.19. The van der Waals surface area contributed by atoms with Crippen LogP contribution < -0.4 is 5.32 Å². The molecular formula is C15H12N4OS. The van der Waals surface area contributed by atoms with Crippen LogP contribution in [0.4, 0.5) is 5.69 Å². The molecule has 21 heavy (non-hydrogen) atoms. The Morgan fingerprint density at radius 3 is 2.95 bits per heavy atom. The second-order valence-corrected chi connectivity index (χ2v) is 5.19. The summed E-state index contributed by atoms with van der Waals surface area (Å²) in [5, 5.41) is 4.74. The van der Waals surface area contributed by atoms with Crippen LogP contribution in [0.15, 0.2) is 60.6 Å². The van der Waals surface area contributed by atoms with Crippen LogP contribution in [0.2, 0.25) is 0 Å². The van der Waals surface area contributed by atoms with Gasteiger partial charge >= 0.3 is 0 Å². The zero-order valence-electron chi connectivity index (χ0n) is 11.0. The number of hydrogen-bond donors (Lipinski definition) is 1. The van der Waals surface area contributed by atoms with Crippen LogP contribution in [0.5, 0.6) is 0 Å². The van der Waals surface area contributed by atoms with Gasteiger partial charge in [-0.25, -0.2) is 9.97 Å². The summed E-state index contributed by atoms with van der Waals surface area (Å²) in [7, 11) is 0. The van der Waals surface area contributed by atoms with Gasteiger partial charge in [0.15, 0.2) is 0 Å². The molecule has 0 saturated heterocycles. The number of anilines is 1. The molecule has 0 bridgehead atoms. The number of pyridine rings is 1. The van der Waals surface area contributed by atoms with Crippen LogP contribution in [-0.4, -0.2) is 20.4 Å². The van der Waals surface area contributed by atoms with Gasteiger partial charge < -0.3 is 5.32 Å². The molecule has 3 rings (SSSR count). The van der Waals surface area contributed by atoms with Crippen molar-refractivity contribution in [3.8, 4) is 5.82 Å². The molecule has 6 heteroatoms. The van der Waals surface area contributed by atoms with E-state index in [0.29, 0.717) is 5.69 Å². The molecule has 3 aromatic heterocycles. The normalized spacial score (nSPS) is 10.9. The predicted octanol–water partition coefficient (Wildman–Crippen LogP) is 2.98. The van der Waals surface area contributed by atoms with E-state index < -0.39 is 0 Å². The van der Waals surface area contributed by atoms with Crippen LogP contribution in [0, 0.1) is 0 Å². The lowest BCUT2D eigenvalue weighted by molar-refractivity contribution is -0.111. The van der Waals surface area contributed by atoms with Crippen molar-refractivity contribution in [1.29, 1.82) is 0 Å². The van der Waals surface area contributed by atoms with Gasteiger partial charge in [-0.05, 0) is 29.7 Å². The third kappa shape index (κ3) is 3.43. The number of carbonyl (C=O) groups is 1. The zero-order chi connectivity index (χ0) is 14.5. The quantitative estimate of drug-likeness (QED) is 0.753. The van der Waals surface area contributed by atoms with Gasteiger partial charge in [-0.1, -0.05) is 6.07 Å². The fourth-order valence-corrected chi connectivity index (χ4v) is 2.35. The molecule has 0 fully saturated rings. The van der Waals surface area contributed by atoms with Crippen molar-refractivity contribution in [3.05, 3.63) is 65.5 Å². The number of imidazole rings is 1. The molecule has 1 N–H and O–H groups in total. The summed E-state index contributed by atoms with van der Waals surface area (Å²) < 4.78 is 1.79. The van der Waals surface area contributed by atoms with Gasteiger partial charge in [0.1, 0.15) is 12.1 Å². The van der Waals surface area contributed by atoms with Crippen LogP contribution in [0.3, 0.4) is 0 Å². The molecule has 0 aliphatic rings. The first-order valence-electron chi connectivity index (χ1n) is 6.28. The van der Waals surface area contributed by atoms with E-state index in [2.05, 4.69) is 15.3 Å². The maximum absolute atomic E-state index is 11.8. The molecule has 0 radical (unpaired) electrons. The largest absolute Gasteiger partial charge is 0.321 e. The predicted molar refractivity (Wildman–Crippen MR) is 83.3 cm³/mol. The van der Waals surface area contributed by atoms with Gasteiger partial charge in [0, 0.05) is 23.3 Å². The number of rotatable bonds is 4. The number of thiophene rings is 1. The van der Waals surface area contributed by atoms with Gasteiger partial charge in [0.05, 0.1) is 11.9 Å². The number of hydrogen-bond acceptors (Lipinski definition) is 4. The summed E-state index contributed by atoms with van der Waals surface area (Å²) in [6.07, 6.45) is 10.1. The standard InChI is InChI=1S/C15H12N4OS/c20-15(6-4-13-2-1-9-21-13)18-12-3-5-14(17-10-12)19-8-7-16-11-19/h1-11H,(H,18,20). The Kier molecular flexibility index (Phi) is 3.88. The SMILES string of the molecule is O=C(C=Cc1cccs1)Nc1ccc(-n2ccnc2)nc1. The topological polar surface area (TPSA) is 59.8 Å². The van der Waals surface area contributed by atoms with Crippen LogP contribution >= 0.6 is 11.3 Å². The van der Waals surface area contributed by atoms with Gasteiger partial charge in [-0.2, -0.15) is 0 Å². The van der Waals surface area contributed by atoms with Crippen LogP contribution in [0.1, 0.15) is 4.88 Å². The van der Waals surface area contributed by atoms with E-state index in [1.165, 1.54) is 6.08 Å². The minimum Gasteiger partial charge on any atom is -0.321 e. The minimum absolute atomic E-state index is 0.180. The number of carbonyl (C=O) groups excluding carboxylic acids is 1. The van der Waals surface area contributed by atoms with Crippen molar-refractivity contribution in [3.63, 3.8) is 0 Å². The van der Waals surface area contributed by atoms with E-state index in [1.54, 1.807) is 46.8 Å². The Bertz CT molecular complexity index is 731. The summed E-state index contributed by atoms with van der Waals surface area (Å²) in [5.74, 6) is 0.570. The van der Waals surface area contributed by atoms with Crippen molar-refractivity contribution < 1.29 is 4.79 Å². The first kappa shape index (κ1) is 13.3. The smallest absolute Gasteiger partial charge is 0.248 e. The van der Waals surface area contributed by atoms with Gasteiger partial charge in [0.25, 0.3) is 0 Å². The van der Waals surface area contributed by atoms with E-state index >= 15 is 0 Å². The van der Waals surface area contributed by atoms with Crippen LogP contribution in [0.25, 0.3) is 11.9 Å². The van der Waals surface area contributed by atoms with Gasteiger partial charge in [0.2, 0.25) is 5.91 Å². The molecule has 0 aromatic carbocycles. The monoisotopic (exact) mass is 296 g/mol. The highest BCUT2D eigenvalue weighted by Gasteiger charge is 2.00. The molecule has 3 aromatic rings. The molecule has 5 nitrogen and oxygen atoms in total. The fraction of sp³-hybridized carbons (Fsp3) is 0. The van der Waals surface area contributed by atoms with Gasteiger partial charge in [-0.3, -0.25) is 9.36 Å². The molecule has 0 aliphatic heterocycles. The van der Waals surface area contributed by atoms with Crippen molar-refractivity contribution in [2.45, 2.75) is 0 Å². The maximum atomic E-state index is 11.8. The highest BCUT2D eigenvalue weighted by atomic mass is 32.1. The molecule has 104 valence electrons. The van der Waals surface area contributed by atoms with E-state index in [1.807, 2.05) is 29.8 Å². The summed E-state index contributed by atoms with van der Waals surface area (Å²) in [6.45, 7) is 0. The summed E-state index contributed by atoms with van der Waals surface area (Å²) in [4.78, 5) is 21.1. The Balaban J connectivity index is 1.64. The van der Waals surface area contributed by atoms with Crippen molar-refractivity contribution >= 4 is 29.0 Å². The molecule has 0 atom stereocenters. The lowest BCUT2D eigenvalue weighted by Crippen LogP contribution is -2.08. The molecule has 1 amide bonds. The Morgan fingerprint density at radius 2 is 2.29 bits per heavy atom. The second kappa shape index (κ2) is 6.15. The van der Waals surface area contributed by atoms with Gasteiger partial charge in [-0.15, -0.1) is 11.3 Å².